The SMILES string of the molecule is Cc1cccc2c1N(C1C#CN(CC(=O)Nc3ccc4c(c3)-c3ccccc3C4=O)CC1)C(=O)OC2. The fourth-order valence-corrected chi connectivity index (χ4v) is 5.13. The topological polar surface area (TPSA) is 79.0 Å². The Morgan fingerprint density at radius 3 is 2.64 bits per heavy atom. The third-order valence-electron chi connectivity index (χ3n) is 6.83. The maximum Gasteiger partial charge on any atom is 0.415 e. The lowest BCUT2D eigenvalue weighted by atomic mass is 10.0. The molecule has 2 aliphatic heterocycles. The number of nitrogens with zero attached hydrogens (tertiary/aromatic N) is 2. The van der Waals surface area contributed by atoms with Gasteiger partial charge < -0.3 is 15.0 Å². The average molecular weight is 478 g/mol. The van der Waals surface area contributed by atoms with Crippen LogP contribution in [0, 0.1) is 18.9 Å². The van der Waals surface area contributed by atoms with Crippen LogP contribution in [-0.4, -0.2) is 41.8 Å². The molecule has 0 bridgehead atoms. The minimum Gasteiger partial charge on any atom is -0.444 e. The molecule has 3 aromatic carbocycles. The van der Waals surface area contributed by atoms with Gasteiger partial charge >= 0.3 is 6.09 Å². The molecular formula is C29H23N3O4. The summed E-state index contributed by atoms with van der Waals surface area (Å²) in [6, 6.07) is 21.5. The first-order valence-corrected chi connectivity index (χ1v) is 11.9. The molecule has 1 atom stereocenters. The van der Waals surface area contributed by atoms with E-state index in [1.807, 2.05) is 55.5 Å². The van der Waals surface area contributed by atoms with Crippen molar-refractivity contribution in [3.63, 3.8) is 0 Å². The predicted molar refractivity (Wildman–Crippen MR) is 136 cm³/mol. The van der Waals surface area contributed by atoms with Gasteiger partial charge in [0.2, 0.25) is 5.91 Å². The summed E-state index contributed by atoms with van der Waals surface area (Å²) >= 11 is 0. The molecule has 1 N–H and O–H groups in total. The number of benzene rings is 3. The van der Waals surface area contributed by atoms with Crippen molar-refractivity contribution in [2.45, 2.75) is 26.0 Å². The van der Waals surface area contributed by atoms with E-state index < -0.39 is 0 Å². The van der Waals surface area contributed by atoms with E-state index >= 15 is 0 Å². The van der Waals surface area contributed by atoms with Gasteiger partial charge in [0.05, 0.1) is 5.69 Å². The molecule has 3 aromatic rings. The zero-order chi connectivity index (χ0) is 24.8. The molecule has 6 rings (SSSR count). The van der Waals surface area contributed by atoms with Crippen LogP contribution in [0.5, 0.6) is 0 Å². The van der Waals surface area contributed by atoms with Crippen LogP contribution in [0.3, 0.4) is 0 Å². The molecule has 3 aliphatic rings. The Bertz CT molecular complexity index is 1500. The molecule has 7 heteroatoms. The normalized spacial score (nSPS) is 17.4. The van der Waals surface area contributed by atoms with E-state index in [4.69, 9.17) is 4.74 Å². The first-order valence-electron chi connectivity index (χ1n) is 11.9. The number of anilines is 2. The summed E-state index contributed by atoms with van der Waals surface area (Å²) in [7, 11) is 0. The number of fused-ring (bicyclic) bond motifs is 4. The lowest BCUT2D eigenvalue weighted by Gasteiger charge is -2.36. The molecule has 0 aromatic heterocycles. The van der Waals surface area contributed by atoms with Gasteiger partial charge in [0.15, 0.2) is 5.78 Å². The van der Waals surface area contributed by atoms with E-state index in [2.05, 4.69) is 17.3 Å². The van der Waals surface area contributed by atoms with Crippen LogP contribution in [0.2, 0.25) is 0 Å². The number of para-hydroxylation sites is 1. The summed E-state index contributed by atoms with van der Waals surface area (Å²) < 4.78 is 5.36. The second kappa shape index (κ2) is 8.58. The summed E-state index contributed by atoms with van der Waals surface area (Å²) in [5.74, 6) is 2.95. The van der Waals surface area contributed by atoms with Crippen LogP contribution in [0.4, 0.5) is 16.2 Å². The number of rotatable bonds is 4. The highest BCUT2D eigenvalue weighted by molar-refractivity contribution is 6.22. The highest BCUT2D eigenvalue weighted by Gasteiger charge is 2.34. The third-order valence-corrected chi connectivity index (χ3v) is 6.83. The molecule has 0 saturated carbocycles. The minimum atomic E-state index is -0.390. The smallest absolute Gasteiger partial charge is 0.415 e. The number of carbonyl (C=O) groups excluding carboxylic acids is 3. The second-order valence-electron chi connectivity index (χ2n) is 9.17. The fraction of sp³-hybridized carbons (Fsp3) is 0.207. The quantitative estimate of drug-likeness (QED) is 0.443. The van der Waals surface area contributed by atoms with Crippen LogP contribution in [0.15, 0.2) is 60.7 Å². The second-order valence-corrected chi connectivity index (χ2v) is 9.17. The van der Waals surface area contributed by atoms with Crippen molar-refractivity contribution in [3.8, 4) is 23.1 Å². The number of hydrogen-bond donors (Lipinski definition) is 1. The van der Waals surface area contributed by atoms with Gasteiger partial charge in [-0.15, -0.1) is 0 Å². The van der Waals surface area contributed by atoms with Gasteiger partial charge in [0, 0.05) is 35.0 Å². The molecule has 0 radical (unpaired) electrons. The lowest BCUT2D eigenvalue weighted by Crippen LogP contribution is -2.47. The molecule has 2 heterocycles. The number of amides is 2. The number of aryl methyl sites for hydroxylation is 1. The van der Waals surface area contributed by atoms with Crippen molar-refractivity contribution in [3.05, 3.63) is 82.9 Å². The standard InChI is InChI=1S/C29H23N3O4/c1-18-5-4-6-19-17-36-29(35)32(27(18)19)21-11-13-31(14-12-21)16-26(33)30-20-9-10-24-25(15-20)22-7-2-3-8-23(22)28(24)34/h2-10,15,21H,11,13,16-17H2,1H3,(H,30,33). The van der Waals surface area contributed by atoms with E-state index in [9.17, 15) is 14.4 Å². The maximum absolute atomic E-state index is 12.8. The average Bonchev–Trinajstić information content (AvgIpc) is 3.16. The van der Waals surface area contributed by atoms with Gasteiger partial charge in [-0.3, -0.25) is 14.5 Å². The minimum absolute atomic E-state index is 0.00651. The van der Waals surface area contributed by atoms with Gasteiger partial charge in [-0.2, -0.15) is 0 Å². The van der Waals surface area contributed by atoms with Crippen LogP contribution < -0.4 is 10.2 Å². The number of carbonyl (C=O) groups is 3. The molecule has 1 aliphatic carbocycles. The van der Waals surface area contributed by atoms with Gasteiger partial charge in [-0.1, -0.05) is 48.4 Å². The predicted octanol–water partition coefficient (Wildman–Crippen LogP) is 4.34. The van der Waals surface area contributed by atoms with Crippen molar-refractivity contribution in [2.75, 3.05) is 23.3 Å². The molecule has 0 saturated heterocycles. The summed E-state index contributed by atoms with van der Waals surface area (Å²) in [5, 5.41) is 2.92. The Labute approximate surface area is 208 Å². The van der Waals surface area contributed by atoms with Crippen LogP contribution in [0.25, 0.3) is 11.1 Å². The number of nitrogens with one attached hydrogen (secondary N) is 1. The largest absolute Gasteiger partial charge is 0.444 e. The summed E-state index contributed by atoms with van der Waals surface area (Å²) in [6.07, 6.45) is 0.208. The molecule has 1 unspecified atom stereocenters. The molecule has 7 nitrogen and oxygen atoms in total. The molecule has 36 heavy (non-hydrogen) atoms. The number of ether oxygens (including phenoxy) is 1. The first-order chi connectivity index (χ1) is 17.5. The van der Waals surface area contributed by atoms with E-state index in [1.165, 1.54) is 0 Å². The van der Waals surface area contributed by atoms with Crippen molar-refractivity contribution in [2.24, 2.45) is 0 Å². The van der Waals surface area contributed by atoms with E-state index in [0.717, 1.165) is 27.9 Å². The molecular weight excluding hydrogens is 454 g/mol. The van der Waals surface area contributed by atoms with Crippen LogP contribution in [0.1, 0.15) is 33.5 Å². The molecule has 178 valence electrons. The Morgan fingerprint density at radius 1 is 1.03 bits per heavy atom. The Kier molecular flexibility index (Phi) is 5.23. The Morgan fingerprint density at radius 2 is 1.83 bits per heavy atom. The zero-order valence-electron chi connectivity index (χ0n) is 19.7. The molecule has 0 fully saturated rings. The monoisotopic (exact) mass is 477 g/mol. The Balaban J connectivity index is 1.14. The number of ketones is 1. The highest BCUT2D eigenvalue weighted by atomic mass is 16.6. The first kappa shape index (κ1) is 21.9. The van der Waals surface area contributed by atoms with Gasteiger partial charge in [0.25, 0.3) is 0 Å². The van der Waals surface area contributed by atoms with Crippen molar-refractivity contribution in [1.29, 1.82) is 0 Å². The Hall–Kier alpha value is -4.57. The van der Waals surface area contributed by atoms with E-state index in [1.54, 1.807) is 21.9 Å². The van der Waals surface area contributed by atoms with Gasteiger partial charge in [-0.25, -0.2) is 4.79 Å². The number of hydrogen-bond acceptors (Lipinski definition) is 5. The summed E-state index contributed by atoms with van der Waals surface area (Å²) in [4.78, 5) is 41.3. The molecule has 2 amide bonds. The maximum atomic E-state index is 12.8. The highest BCUT2D eigenvalue weighted by Crippen LogP contribution is 2.38. The summed E-state index contributed by atoms with van der Waals surface area (Å²) in [6.45, 7) is 2.89. The molecule has 0 spiro atoms. The van der Waals surface area contributed by atoms with Crippen molar-refractivity contribution < 1.29 is 19.1 Å². The zero-order valence-corrected chi connectivity index (χ0v) is 19.7. The third kappa shape index (κ3) is 3.68. The van der Waals surface area contributed by atoms with Crippen LogP contribution >= 0.6 is 0 Å². The van der Waals surface area contributed by atoms with Crippen LogP contribution in [-0.2, 0) is 16.1 Å². The van der Waals surface area contributed by atoms with Crippen molar-refractivity contribution in [1.82, 2.24) is 4.90 Å². The van der Waals surface area contributed by atoms with Gasteiger partial charge in [0.1, 0.15) is 19.2 Å². The van der Waals surface area contributed by atoms with E-state index in [-0.39, 0.29) is 37.0 Å². The fourth-order valence-electron chi connectivity index (χ4n) is 5.13. The van der Waals surface area contributed by atoms with Crippen molar-refractivity contribution >= 4 is 29.2 Å². The summed E-state index contributed by atoms with van der Waals surface area (Å²) in [5.41, 5.74) is 6.53. The van der Waals surface area contributed by atoms with Gasteiger partial charge in [-0.05, 0) is 48.2 Å². The lowest BCUT2D eigenvalue weighted by molar-refractivity contribution is -0.116. The number of cyclic esters (lactones) is 1. The van der Waals surface area contributed by atoms with E-state index in [0.29, 0.717) is 29.8 Å².